The zero-order valence-corrected chi connectivity index (χ0v) is 10.5. The van der Waals surface area contributed by atoms with Gasteiger partial charge in [-0.15, -0.1) is 11.3 Å². The summed E-state index contributed by atoms with van der Waals surface area (Å²) in [5.41, 5.74) is -0.681. The van der Waals surface area contributed by atoms with Crippen LogP contribution >= 0.6 is 23.1 Å². The fraction of sp³-hybridized carbons (Fsp3) is 0. The molecule has 7 heteroatoms. The Balaban J connectivity index is 2.37. The van der Waals surface area contributed by atoms with E-state index in [0.29, 0.717) is 4.90 Å². The van der Waals surface area contributed by atoms with Gasteiger partial charge in [-0.05, 0) is 23.6 Å². The van der Waals surface area contributed by atoms with Crippen molar-refractivity contribution in [2.24, 2.45) is 0 Å². The summed E-state index contributed by atoms with van der Waals surface area (Å²) in [4.78, 5) is 21.6. The fourth-order valence-corrected chi connectivity index (χ4v) is 3.13. The largest absolute Gasteiger partial charge is 0.477 e. The standard InChI is InChI=1S/C11H7NO4S2/c13-11(14)8-6-7(3-4-9(8)12(15)16)18-10-2-1-5-17-10/h1-6H,(H,13,14). The van der Waals surface area contributed by atoms with E-state index >= 15 is 0 Å². The van der Waals surface area contributed by atoms with Gasteiger partial charge in [0.15, 0.2) is 0 Å². The molecular weight excluding hydrogens is 274 g/mol. The van der Waals surface area contributed by atoms with Crippen molar-refractivity contribution in [1.29, 1.82) is 0 Å². The smallest absolute Gasteiger partial charge is 0.342 e. The molecule has 92 valence electrons. The number of benzene rings is 1. The molecule has 1 N–H and O–H groups in total. The van der Waals surface area contributed by atoms with Crippen LogP contribution in [0.4, 0.5) is 5.69 Å². The molecule has 0 unspecified atom stereocenters. The predicted molar refractivity (Wildman–Crippen MR) is 68.5 cm³/mol. The van der Waals surface area contributed by atoms with E-state index in [0.717, 1.165) is 4.21 Å². The molecule has 0 aliphatic heterocycles. The van der Waals surface area contributed by atoms with E-state index in [4.69, 9.17) is 5.11 Å². The van der Waals surface area contributed by atoms with Crippen LogP contribution in [0.25, 0.3) is 0 Å². The Hall–Kier alpha value is -1.86. The quantitative estimate of drug-likeness (QED) is 0.685. The van der Waals surface area contributed by atoms with Crippen LogP contribution in [0, 0.1) is 10.1 Å². The van der Waals surface area contributed by atoms with E-state index in [1.165, 1.54) is 35.2 Å². The number of carboxylic acid groups (broad SMARTS) is 1. The molecule has 1 aromatic carbocycles. The monoisotopic (exact) mass is 281 g/mol. The number of nitro groups is 1. The van der Waals surface area contributed by atoms with E-state index in [2.05, 4.69) is 0 Å². The van der Waals surface area contributed by atoms with Gasteiger partial charge in [-0.25, -0.2) is 4.79 Å². The van der Waals surface area contributed by atoms with Crippen molar-refractivity contribution in [1.82, 2.24) is 0 Å². The Labute approximate surface area is 110 Å². The third kappa shape index (κ3) is 2.69. The molecule has 0 saturated carbocycles. The first-order chi connectivity index (χ1) is 8.58. The molecule has 0 bridgehead atoms. The summed E-state index contributed by atoms with van der Waals surface area (Å²) in [6.07, 6.45) is 0. The van der Waals surface area contributed by atoms with Gasteiger partial charge in [0.2, 0.25) is 0 Å². The van der Waals surface area contributed by atoms with Gasteiger partial charge in [-0.1, -0.05) is 17.8 Å². The fourth-order valence-electron chi connectivity index (χ4n) is 1.35. The lowest BCUT2D eigenvalue weighted by Crippen LogP contribution is -2.02. The van der Waals surface area contributed by atoms with Gasteiger partial charge in [-0.2, -0.15) is 0 Å². The highest BCUT2D eigenvalue weighted by molar-refractivity contribution is 8.01. The van der Waals surface area contributed by atoms with Gasteiger partial charge < -0.3 is 5.11 Å². The number of hydrogen-bond donors (Lipinski definition) is 1. The molecule has 1 aromatic heterocycles. The lowest BCUT2D eigenvalue weighted by atomic mass is 10.2. The van der Waals surface area contributed by atoms with Crippen molar-refractivity contribution in [2.75, 3.05) is 0 Å². The number of nitro benzene ring substituents is 1. The normalized spacial score (nSPS) is 10.2. The molecular formula is C11H7NO4S2. The van der Waals surface area contributed by atoms with Crippen molar-refractivity contribution in [3.8, 4) is 0 Å². The van der Waals surface area contributed by atoms with Crippen LogP contribution in [0.2, 0.25) is 0 Å². The molecule has 0 radical (unpaired) electrons. The molecule has 0 saturated heterocycles. The second kappa shape index (κ2) is 5.19. The molecule has 0 fully saturated rings. The first-order valence-electron chi connectivity index (χ1n) is 4.81. The van der Waals surface area contributed by atoms with E-state index in [-0.39, 0.29) is 5.56 Å². The lowest BCUT2D eigenvalue weighted by molar-refractivity contribution is -0.385. The summed E-state index contributed by atoms with van der Waals surface area (Å²) < 4.78 is 1.00. The topological polar surface area (TPSA) is 80.4 Å². The van der Waals surface area contributed by atoms with Gasteiger partial charge >= 0.3 is 5.97 Å². The van der Waals surface area contributed by atoms with Gasteiger partial charge in [-0.3, -0.25) is 10.1 Å². The SMILES string of the molecule is O=C(O)c1cc(Sc2cccs2)ccc1[N+](=O)[O-]. The molecule has 0 amide bonds. The average Bonchev–Trinajstić information content (AvgIpc) is 2.81. The Kier molecular flexibility index (Phi) is 3.63. The molecule has 1 heterocycles. The molecule has 0 spiro atoms. The van der Waals surface area contributed by atoms with Crippen LogP contribution in [0.15, 0.2) is 44.8 Å². The molecule has 5 nitrogen and oxygen atoms in total. The number of rotatable bonds is 4. The van der Waals surface area contributed by atoms with Crippen molar-refractivity contribution < 1.29 is 14.8 Å². The van der Waals surface area contributed by atoms with E-state index in [9.17, 15) is 14.9 Å². The van der Waals surface area contributed by atoms with E-state index in [1.807, 2.05) is 17.5 Å². The van der Waals surface area contributed by atoms with Crippen LogP contribution < -0.4 is 0 Å². The molecule has 0 atom stereocenters. The van der Waals surface area contributed by atoms with Crippen LogP contribution in [0.5, 0.6) is 0 Å². The highest BCUT2D eigenvalue weighted by Crippen LogP contribution is 2.33. The Bertz CT molecular complexity index is 595. The zero-order valence-electron chi connectivity index (χ0n) is 8.90. The van der Waals surface area contributed by atoms with Gasteiger partial charge in [0.1, 0.15) is 5.56 Å². The summed E-state index contributed by atoms with van der Waals surface area (Å²) in [5.74, 6) is -1.30. The number of carboxylic acids is 1. The minimum absolute atomic E-state index is 0.290. The van der Waals surface area contributed by atoms with E-state index in [1.54, 1.807) is 6.07 Å². The summed E-state index contributed by atoms with van der Waals surface area (Å²) in [6.45, 7) is 0. The third-order valence-corrected chi connectivity index (χ3v) is 4.14. The van der Waals surface area contributed by atoms with Crippen molar-refractivity contribution >= 4 is 34.8 Å². The second-order valence-electron chi connectivity index (χ2n) is 3.28. The number of nitrogens with zero attached hydrogens (tertiary/aromatic N) is 1. The lowest BCUT2D eigenvalue weighted by Gasteiger charge is -2.02. The number of hydrogen-bond acceptors (Lipinski definition) is 5. The highest BCUT2D eigenvalue weighted by atomic mass is 32.2. The van der Waals surface area contributed by atoms with Crippen LogP contribution in [0.1, 0.15) is 10.4 Å². The van der Waals surface area contributed by atoms with Gasteiger partial charge in [0.05, 0.1) is 9.13 Å². The molecule has 18 heavy (non-hydrogen) atoms. The summed E-state index contributed by atoms with van der Waals surface area (Å²) in [6, 6.07) is 7.88. The molecule has 0 aliphatic carbocycles. The average molecular weight is 281 g/mol. The highest BCUT2D eigenvalue weighted by Gasteiger charge is 2.20. The van der Waals surface area contributed by atoms with Gasteiger partial charge in [0.25, 0.3) is 5.69 Å². The first kappa shape index (κ1) is 12.6. The maximum Gasteiger partial charge on any atom is 0.342 e. The van der Waals surface area contributed by atoms with Crippen LogP contribution in [0.3, 0.4) is 0 Å². The van der Waals surface area contributed by atoms with Crippen molar-refractivity contribution in [3.63, 3.8) is 0 Å². The predicted octanol–water partition coefficient (Wildman–Crippen LogP) is 3.51. The van der Waals surface area contributed by atoms with Crippen LogP contribution in [-0.4, -0.2) is 16.0 Å². The van der Waals surface area contributed by atoms with Gasteiger partial charge in [0, 0.05) is 11.0 Å². The summed E-state index contributed by atoms with van der Waals surface area (Å²) in [5, 5.41) is 21.6. The molecule has 0 aliphatic rings. The molecule has 2 aromatic rings. The summed E-state index contributed by atoms with van der Waals surface area (Å²) >= 11 is 2.90. The second-order valence-corrected chi connectivity index (χ2v) is 5.60. The Morgan fingerprint density at radius 1 is 1.39 bits per heavy atom. The molecule has 2 rings (SSSR count). The minimum atomic E-state index is -1.30. The number of thiophene rings is 1. The maximum absolute atomic E-state index is 11.0. The number of carbonyl (C=O) groups is 1. The first-order valence-corrected chi connectivity index (χ1v) is 6.50. The van der Waals surface area contributed by atoms with E-state index < -0.39 is 16.6 Å². The Morgan fingerprint density at radius 2 is 2.17 bits per heavy atom. The Morgan fingerprint density at radius 3 is 2.72 bits per heavy atom. The van der Waals surface area contributed by atoms with Crippen molar-refractivity contribution in [3.05, 3.63) is 51.4 Å². The zero-order chi connectivity index (χ0) is 13.1. The third-order valence-electron chi connectivity index (χ3n) is 2.11. The summed E-state index contributed by atoms with van der Waals surface area (Å²) in [7, 11) is 0. The van der Waals surface area contributed by atoms with Crippen molar-refractivity contribution in [2.45, 2.75) is 9.10 Å². The minimum Gasteiger partial charge on any atom is -0.477 e. The maximum atomic E-state index is 11.0. The number of aromatic carboxylic acids is 1. The van der Waals surface area contributed by atoms with Crippen LogP contribution in [-0.2, 0) is 0 Å².